The number of imide groups is 1. The maximum Gasteiger partial charge on any atom is 0.407 e. The van der Waals surface area contributed by atoms with E-state index in [9.17, 15) is 78.3 Å². The quantitative estimate of drug-likeness (QED) is 0.00491. The van der Waals surface area contributed by atoms with Crippen LogP contribution in [0.25, 0.3) is 10.9 Å². The fourth-order valence-corrected chi connectivity index (χ4v) is 22.5. The lowest BCUT2D eigenvalue weighted by atomic mass is 9.72. The molecule has 3 aromatic carbocycles. The Bertz CT molecular complexity index is 5330. The minimum atomic E-state index is -2.14. The van der Waals surface area contributed by atoms with Crippen LogP contribution >= 0.6 is 55.9 Å². The van der Waals surface area contributed by atoms with Crippen LogP contribution < -0.4 is 30.9 Å². The van der Waals surface area contributed by atoms with Gasteiger partial charge >= 0.3 is 6.09 Å². The van der Waals surface area contributed by atoms with Crippen LogP contribution in [0, 0.1) is 70.2 Å². The number of methoxy groups -OCH3 is 2. The zero-order valence-corrected chi connectivity index (χ0v) is 86.3. The van der Waals surface area contributed by atoms with Gasteiger partial charge in [-0.3, -0.25) is 52.9 Å². The molecular weight excluding hydrogens is 1960 g/mol. The predicted octanol–water partition coefficient (Wildman–Crippen LogP) is 11.7. The van der Waals surface area contributed by atoms with Gasteiger partial charge in [-0.25, -0.2) is 4.79 Å². The van der Waals surface area contributed by atoms with Crippen LogP contribution in [0.2, 0.25) is 0 Å². The number of nitrogens with one attached hydrogen (secondary N) is 5. The zero-order chi connectivity index (χ0) is 101. The molecule has 33 nitrogen and oxygen atoms in total. The van der Waals surface area contributed by atoms with Crippen LogP contribution in [0.1, 0.15) is 212 Å². The SMILES string of the molecule is COc1c(C)c(OC2OC(C)C(O)C(OC)C2O)c(I)c(C)c1C(=O)SC1C(O)CC(ONC2C(C)OC(O[C@H]3C#C/C=C\C#C[C@]4(O)CC(=O)C(CC(C)=O)=C3/C4=C/CSSC(C)(C)CCC(=O)CCCNC(=O)OCc3ccc(NC(=O)[C@H](C)CC(=O)[C@H](Cc4c[nH]c5ccccc45)NC(=O)CCCCCN4C(=O)CC(C(C)(C)C)C4=O)cc3)C(OC3CC(C)C(CC(C)=O)CO3)C2O)OC1C. The molecule has 18 unspecified atom stereocenters. The molecule has 37 heteroatoms. The summed E-state index contributed by atoms with van der Waals surface area (Å²) in [5.41, 5.74) is 4.56. The van der Waals surface area contributed by atoms with Crippen molar-refractivity contribution in [3.63, 3.8) is 0 Å². The number of halogens is 1. The van der Waals surface area contributed by atoms with Crippen molar-refractivity contribution in [3.8, 4) is 35.2 Å². The van der Waals surface area contributed by atoms with Crippen molar-refractivity contribution in [1.29, 1.82) is 0 Å². The van der Waals surface area contributed by atoms with Crippen molar-refractivity contribution in [3.05, 3.63) is 121 Å². The number of carbonyl (C=O) groups excluding carboxylic acids is 11. The zero-order valence-electron chi connectivity index (χ0n) is 81.7. The average molecular weight is 2100 g/mol. The molecule has 22 atom stereocenters. The predicted molar refractivity (Wildman–Crippen MR) is 530 cm³/mol. The number of likely N-dealkylation sites (tertiary alicyclic amines) is 1. The molecule has 6 heterocycles. The second-order valence-corrected chi connectivity index (χ2v) is 44.0. The molecule has 10 N–H and O–H groups in total. The van der Waals surface area contributed by atoms with E-state index in [0.717, 1.165) is 28.2 Å². The van der Waals surface area contributed by atoms with E-state index < -0.39 is 149 Å². The molecular formula is C102H133IN6O27S3. The standard InChI is InChI=1S/C102H133IN6O27S3/c1-54-44-80(128-53-65(54)45-56(3)110)134-92-87(119)85(108-136-81-49-75(114)93(62(9)130-81)138-96(123)82-58(5)84(103)90(59(6)89(82)126-15)135-97-88(120)91(127-16)86(118)61(8)132-97)60(7)131-98(92)133-77-30-20-17-18-24-38-102(125)50-76(115)69(46-57(4)111)83(77)70(102)37-42-137-139-101(13,14)39-36-67(112)27-26-40-104-99(124)129-52-63-32-34-66(35-33-63)106-94(121)55(2)43-74(113)73(47-64-51-105-72-29-23-22-28-68(64)72)107-78(116)31-21-19-25-41-109-79(117)48-71(95(109)122)100(10,11)12/h17-18,22-23,28-29,32-35,37,51,54-55,60-62,65,71,73,75,77,80-81,85-88,91-93,97-98,105,108,114,118-120,125H,19,21,25-27,31,36,39-50,52-53H2,1-16H3,(H,104,124)(H,106,121)(H,107,116)/b18-17-,70-37-/t54?,55-,60?,61?,62?,65?,71?,73+,75?,77+,80?,81?,85?,86?,87?,88?,91?,92?,93?,97?,98?,102+/m1/s1. The lowest BCUT2D eigenvalue weighted by Gasteiger charge is -2.46. The molecule has 758 valence electrons. The number of hydrogen-bond donors (Lipinski definition) is 10. The van der Waals surface area contributed by atoms with E-state index in [4.69, 9.17) is 52.2 Å². The van der Waals surface area contributed by atoms with Crippen molar-refractivity contribution < 1.29 is 130 Å². The number of aromatic nitrogens is 1. The number of unbranched alkanes of at least 4 members (excludes halogenated alkanes) is 2. The number of carbonyl (C=O) groups is 11. The molecule has 2 aliphatic carbocycles. The Balaban J connectivity index is 0.658. The largest absolute Gasteiger partial charge is 0.496 e. The van der Waals surface area contributed by atoms with Crippen LogP contribution in [0.15, 0.2) is 89.7 Å². The molecule has 1 aromatic heterocycles. The van der Waals surface area contributed by atoms with Crippen LogP contribution in [-0.4, -0.2) is 253 Å². The first-order valence-electron chi connectivity index (χ1n) is 47.4. The number of Topliss-reactive ketones (excluding diaryl/α,β-unsaturated/α-hetero) is 5. The number of aliphatic hydroxyl groups is 5. The highest BCUT2D eigenvalue weighted by Gasteiger charge is 2.53. The lowest BCUT2D eigenvalue weighted by Crippen LogP contribution is -2.64. The van der Waals surface area contributed by atoms with Crippen molar-refractivity contribution in [2.75, 3.05) is 45.0 Å². The number of thioether (sulfide) groups is 1. The Morgan fingerprint density at radius 1 is 0.799 bits per heavy atom. The normalized spacial score (nSPS) is 28.1. The minimum Gasteiger partial charge on any atom is -0.496 e. The Morgan fingerprint density at radius 3 is 2.22 bits per heavy atom. The molecule has 2 bridgehead atoms. The van der Waals surface area contributed by atoms with E-state index in [-0.39, 0.29) is 194 Å². The van der Waals surface area contributed by atoms with E-state index in [1.807, 2.05) is 94.6 Å². The first kappa shape index (κ1) is 111. The van der Waals surface area contributed by atoms with Crippen molar-refractivity contribution in [1.82, 2.24) is 26.0 Å². The number of alkyl carbamates (subject to hydrolysis) is 1. The number of aliphatic hydroxyl groups excluding tert-OH is 4. The van der Waals surface area contributed by atoms with Gasteiger partial charge in [-0.1, -0.05) is 134 Å². The summed E-state index contributed by atoms with van der Waals surface area (Å²) in [7, 11) is 5.67. The van der Waals surface area contributed by atoms with Gasteiger partial charge in [-0.15, -0.1) is 0 Å². The number of aromatic amines is 1. The number of nitrogens with zero attached hydrogens (tertiary/aromatic N) is 1. The monoisotopic (exact) mass is 2100 g/mol. The number of para-hydroxylation sites is 1. The number of H-pyrrole nitrogens is 1. The second-order valence-electron chi connectivity index (χ2n) is 38.7. The smallest absolute Gasteiger partial charge is 0.407 e. The van der Waals surface area contributed by atoms with E-state index in [1.54, 1.807) is 71.9 Å². The lowest BCUT2D eigenvalue weighted by molar-refractivity contribution is -0.335. The number of ketones is 5. The van der Waals surface area contributed by atoms with Gasteiger partial charge in [0.05, 0.1) is 76.9 Å². The molecule has 11 rings (SSSR count). The van der Waals surface area contributed by atoms with Crippen LogP contribution in [0.3, 0.4) is 0 Å². The summed E-state index contributed by atoms with van der Waals surface area (Å²) in [6.07, 6.45) is -8.41. The first-order chi connectivity index (χ1) is 65.9. The molecule has 0 radical (unpaired) electrons. The highest BCUT2D eigenvalue weighted by Crippen LogP contribution is 2.48. The van der Waals surface area contributed by atoms with Crippen molar-refractivity contribution in [2.24, 2.45) is 29.1 Å². The molecule has 5 amide bonds. The Hall–Kier alpha value is -8.27. The van der Waals surface area contributed by atoms with Gasteiger partial charge < -0.3 is 98.6 Å². The summed E-state index contributed by atoms with van der Waals surface area (Å²) < 4.78 is 61.9. The third-order valence-electron chi connectivity index (χ3n) is 26.3. The van der Waals surface area contributed by atoms with Gasteiger partial charge in [0.25, 0.3) is 0 Å². The highest BCUT2D eigenvalue weighted by atomic mass is 127. The van der Waals surface area contributed by atoms with Gasteiger partial charge in [0, 0.05) is 146 Å². The Labute approximate surface area is 837 Å². The summed E-state index contributed by atoms with van der Waals surface area (Å²) in [4.78, 5) is 159. The van der Waals surface area contributed by atoms with E-state index in [2.05, 4.69) is 50.1 Å². The molecule has 139 heavy (non-hydrogen) atoms. The average Bonchev–Trinajstić information content (AvgIpc) is 1.87. The maximum absolute atomic E-state index is 14.6. The highest BCUT2D eigenvalue weighted by molar-refractivity contribution is 14.1. The summed E-state index contributed by atoms with van der Waals surface area (Å²) in [6.45, 7) is 25.1. The molecule has 5 aliphatic heterocycles. The number of rotatable bonds is 44. The fourth-order valence-electron chi connectivity index (χ4n) is 18.2. The van der Waals surface area contributed by atoms with Gasteiger partial charge in [0.15, 0.2) is 36.0 Å². The summed E-state index contributed by atoms with van der Waals surface area (Å²) in [5, 5.41) is 67.3. The first-order valence-corrected chi connectivity index (χ1v) is 51.7. The number of hydrogen-bond acceptors (Lipinski definition) is 31. The second kappa shape index (κ2) is 50.3. The number of fused-ring (bicyclic) bond motifs is 3. The van der Waals surface area contributed by atoms with Gasteiger partial charge in [0.1, 0.15) is 72.1 Å². The van der Waals surface area contributed by atoms with Crippen molar-refractivity contribution in [2.45, 2.75) is 320 Å². The maximum atomic E-state index is 14.6. The summed E-state index contributed by atoms with van der Waals surface area (Å²) >= 11 is 2.90. The fraction of sp³-hybridized carbons (Fsp3) is 0.598. The molecule has 4 aromatic rings. The summed E-state index contributed by atoms with van der Waals surface area (Å²) in [5.74, 6) is 8.62. The number of hydroxylamine groups is 1. The molecule has 5 fully saturated rings. The van der Waals surface area contributed by atoms with Crippen LogP contribution in [0.4, 0.5) is 10.5 Å². The van der Waals surface area contributed by atoms with Gasteiger partial charge in [-0.05, 0) is 175 Å². The molecule has 5 saturated heterocycles. The third-order valence-corrected chi connectivity index (χ3v) is 32.2. The van der Waals surface area contributed by atoms with Crippen LogP contribution in [-0.2, 0) is 98.9 Å². The molecule has 0 spiro atoms. The Morgan fingerprint density at radius 2 is 1.53 bits per heavy atom. The third kappa shape index (κ3) is 29.3. The van der Waals surface area contributed by atoms with Gasteiger partial charge in [0.2, 0.25) is 35.0 Å². The number of ether oxygens (including phenoxy) is 10. The number of anilines is 1. The molecule has 0 saturated carbocycles. The summed E-state index contributed by atoms with van der Waals surface area (Å²) in [6, 6.07) is 12.2. The van der Waals surface area contributed by atoms with E-state index in [0.29, 0.717) is 58.1 Å². The number of allylic oxidation sites excluding steroid dienone is 3. The number of amides is 5. The van der Waals surface area contributed by atoms with E-state index in [1.165, 1.54) is 66.7 Å². The molecule has 7 aliphatic rings. The minimum absolute atomic E-state index is 0.0145. The van der Waals surface area contributed by atoms with Crippen molar-refractivity contribution >= 4 is 136 Å². The van der Waals surface area contributed by atoms with Crippen LogP contribution in [0.5, 0.6) is 11.5 Å². The Kier molecular flexibility index (Phi) is 40.2. The topological polar surface area (TPSA) is 458 Å². The van der Waals surface area contributed by atoms with Gasteiger partial charge in [-0.2, -0.15) is 5.48 Å². The number of benzene rings is 3. The van der Waals surface area contributed by atoms with E-state index >= 15 is 0 Å².